The second-order valence-corrected chi connectivity index (χ2v) is 3.64. The Morgan fingerprint density at radius 2 is 1.93 bits per heavy atom. The highest BCUT2D eigenvalue weighted by Crippen LogP contribution is 2.11. The van der Waals surface area contributed by atoms with Crippen LogP contribution in [0.25, 0.3) is 0 Å². The summed E-state index contributed by atoms with van der Waals surface area (Å²) in [6.07, 6.45) is 1.60. The molecule has 1 atom stereocenters. The second-order valence-electron chi connectivity index (χ2n) is 3.64. The molecule has 4 nitrogen and oxygen atoms in total. The van der Waals surface area contributed by atoms with E-state index in [9.17, 15) is 4.79 Å². The van der Waals surface area contributed by atoms with Crippen LogP contribution in [0, 0.1) is 0 Å². The van der Waals surface area contributed by atoms with Crippen LogP contribution in [0.4, 0.5) is 0 Å². The molecule has 0 heterocycles. The molecule has 5 N–H and O–H groups in total. The van der Waals surface area contributed by atoms with Crippen LogP contribution in [0.3, 0.4) is 0 Å². The quantitative estimate of drug-likeness (QED) is 0.659. The third-order valence-corrected chi connectivity index (χ3v) is 2.20. The molecule has 0 aliphatic heterocycles. The lowest BCUT2D eigenvalue weighted by Gasteiger charge is -2.10. The van der Waals surface area contributed by atoms with Crippen molar-refractivity contribution in [1.82, 2.24) is 0 Å². The van der Waals surface area contributed by atoms with Crippen LogP contribution in [0.2, 0.25) is 0 Å². The number of amides is 1. The van der Waals surface area contributed by atoms with Crippen LogP contribution in [-0.2, 0) is 11.2 Å². The molecule has 0 aliphatic carbocycles. The summed E-state index contributed by atoms with van der Waals surface area (Å²) < 4.78 is 0. The van der Waals surface area contributed by atoms with Gasteiger partial charge in [0.1, 0.15) is 5.75 Å². The summed E-state index contributed by atoms with van der Waals surface area (Å²) in [4.78, 5) is 10.5. The van der Waals surface area contributed by atoms with Gasteiger partial charge in [0.2, 0.25) is 5.91 Å². The van der Waals surface area contributed by atoms with Crippen LogP contribution in [0.1, 0.15) is 18.4 Å². The average Bonchev–Trinajstić information content (AvgIpc) is 2.19. The molecule has 0 fully saturated rings. The lowest BCUT2D eigenvalue weighted by molar-refractivity contribution is -0.118. The second kappa shape index (κ2) is 5.36. The van der Waals surface area contributed by atoms with Crippen LogP contribution < -0.4 is 11.5 Å². The number of primary amides is 1. The van der Waals surface area contributed by atoms with Crippen molar-refractivity contribution in [2.45, 2.75) is 25.3 Å². The van der Waals surface area contributed by atoms with E-state index in [0.29, 0.717) is 19.3 Å². The van der Waals surface area contributed by atoms with Gasteiger partial charge in [0.25, 0.3) is 0 Å². The molecule has 0 aromatic heterocycles. The van der Waals surface area contributed by atoms with E-state index in [1.165, 1.54) is 0 Å². The summed E-state index contributed by atoms with van der Waals surface area (Å²) >= 11 is 0. The number of hydrogen-bond donors (Lipinski definition) is 3. The average molecular weight is 208 g/mol. The van der Waals surface area contributed by atoms with Gasteiger partial charge in [-0.1, -0.05) is 12.1 Å². The molecule has 1 amide bonds. The number of carbonyl (C=O) groups is 1. The Kier molecular flexibility index (Phi) is 4.12. The zero-order valence-electron chi connectivity index (χ0n) is 8.52. The monoisotopic (exact) mass is 208 g/mol. The summed E-state index contributed by atoms with van der Waals surface area (Å²) in [5.74, 6) is -0.0828. The Balaban J connectivity index is 2.40. The van der Waals surface area contributed by atoms with Gasteiger partial charge in [-0.25, -0.2) is 0 Å². The molecule has 0 saturated carbocycles. The minimum atomic E-state index is -0.323. The van der Waals surface area contributed by atoms with E-state index < -0.39 is 0 Å². The molecule has 0 aliphatic rings. The lowest BCUT2D eigenvalue weighted by atomic mass is 10.0. The maximum absolute atomic E-state index is 10.5. The lowest BCUT2D eigenvalue weighted by Crippen LogP contribution is -2.25. The van der Waals surface area contributed by atoms with E-state index >= 15 is 0 Å². The number of phenolic OH excluding ortho intramolecular Hbond substituents is 1. The molecule has 82 valence electrons. The van der Waals surface area contributed by atoms with E-state index in [2.05, 4.69) is 0 Å². The van der Waals surface area contributed by atoms with Gasteiger partial charge in [-0.15, -0.1) is 0 Å². The zero-order chi connectivity index (χ0) is 11.3. The number of aromatic hydroxyl groups is 1. The van der Waals surface area contributed by atoms with E-state index in [1.54, 1.807) is 12.1 Å². The predicted molar refractivity (Wildman–Crippen MR) is 58.2 cm³/mol. The van der Waals surface area contributed by atoms with Crippen molar-refractivity contribution in [1.29, 1.82) is 0 Å². The highest BCUT2D eigenvalue weighted by atomic mass is 16.3. The summed E-state index contributed by atoms with van der Waals surface area (Å²) in [6.45, 7) is 0. The largest absolute Gasteiger partial charge is 0.508 e. The maximum atomic E-state index is 10.5. The van der Waals surface area contributed by atoms with Crippen molar-refractivity contribution in [2.24, 2.45) is 11.5 Å². The van der Waals surface area contributed by atoms with Crippen LogP contribution >= 0.6 is 0 Å². The fourth-order valence-corrected chi connectivity index (χ4v) is 1.36. The first-order chi connectivity index (χ1) is 7.08. The van der Waals surface area contributed by atoms with Gasteiger partial charge in [0.05, 0.1) is 0 Å². The number of hydrogen-bond acceptors (Lipinski definition) is 3. The molecule has 4 heteroatoms. The molecular formula is C11H16N2O2. The number of benzene rings is 1. The van der Waals surface area contributed by atoms with Crippen LogP contribution in [0.15, 0.2) is 24.3 Å². The van der Waals surface area contributed by atoms with Gasteiger partial charge in [-0.3, -0.25) is 4.79 Å². The van der Waals surface area contributed by atoms with Crippen molar-refractivity contribution >= 4 is 5.91 Å². The minimum absolute atomic E-state index is 0.0676. The normalized spacial score (nSPS) is 12.3. The molecular weight excluding hydrogens is 192 g/mol. The zero-order valence-corrected chi connectivity index (χ0v) is 8.52. The first-order valence-corrected chi connectivity index (χ1v) is 4.89. The Morgan fingerprint density at radius 1 is 1.33 bits per heavy atom. The highest BCUT2D eigenvalue weighted by molar-refractivity contribution is 5.73. The Labute approximate surface area is 88.9 Å². The van der Waals surface area contributed by atoms with E-state index in [0.717, 1.165) is 5.56 Å². The molecule has 0 bridgehead atoms. The minimum Gasteiger partial charge on any atom is -0.508 e. The molecule has 1 aromatic carbocycles. The fourth-order valence-electron chi connectivity index (χ4n) is 1.36. The maximum Gasteiger partial charge on any atom is 0.217 e. The van der Waals surface area contributed by atoms with E-state index in [-0.39, 0.29) is 17.7 Å². The van der Waals surface area contributed by atoms with Crippen molar-refractivity contribution in [2.75, 3.05) is 0 Å². The number of carbonyl (C=O) groups excluding carboxylic acids is 1. The summed E-state index contributed by atoms with van der Waals surface area (Å²) in [5.41, 5.74) is 11.9. The summed E-state index contributed by atoms with van der Waals surface area (Å²) in [6, 6.07) is 6.81. The van der Waals surface area contributed by atoms with Gasteiger partial charge >= 0.3 is 0 Å². The molecule has 0 spiro atoms. The SMILES string of the molecule is NC(=O)CC[C@H](N)Cc1ccc(O)cc1. The summed E-state index contributed by atoms with van der Waals surface area (Å²) in [5, 5.41) is 9.07. The van der Waals surface area contributed by atoms with Gasteiger partial charge in [-0.2, -0.15) is 0 Å². The van der Waals surface area contributed by atoms with Crippen molar-refractivity contribution < 1.29 is 9.90 Å². The van der Waals surface area contributed by atoms with Gasteiger partial charge < -0.3 is 16.6 Å². The topological polar surface area (TPSA) is 89.3 Å². The number of nitrogens with two attached hydrogens (primary N) is 2. The van der Waals surface area contributed by atoms with E-state index in [1.807, 2.05) is 12.1 Å². The predicted octanol–water partition coefficient (Wildman–Crippen LogP) is 0.527. The Bertz CT molecular complexity index is 322. The van der Waals surface area contributed by atoms with Crippen LogP contribution in [0.5, 0.6) is 5.75 Å². The molecule has 0 radical (unpaired) electrons. The standard InChI is InChI=1S/C11H16N2O2/c12-9(3-6-11(13)15)7-8-1-4-10(14)5-2-8/h1-2,4-5,9,14H,3,6-7,12H2,(H2,13,15)/t9-/m0/s1. The number of rotatable bonds is 5. The Hall–Kier alpha value is -1.55. The van der Waals surface area contributed by atoms with Crippen molar-refractivity contribution in [3.8, 4) is 5.75 Å². The van der Waals surface area contributed by atoms with Crippen molar-refractivity contribution in [3.05, 3.63) is 29.8 Å². The fraction of sp³-hybridized carbons (Fsp3) is 0.364. The van der Waals surface area contributed by atoms with Gasteiger partial charge in [0, 0.05) is 12.5 Å². The third kappa shape index (κ3) is 4.46. The smallest absolute Gasteiger partial charge is 0.217 e. The first-order valence-electron chi connectivity index (χ1n) is 4.89. The molecule has 0 saturated heterocycles. The van der Waals surface area contributed by atoms with Crippen molar-refractivity contribution in [3.63, 3.8) is 0 Å². The Morgan fingerprint density at radius 3 is 2.47 bits per heavy atom. The number of phenols is 1. The van der Waals surface area contributed by atoms with Gasteiger partial charge in [-0.05, 0) is 30.5 Å². The third-order valence-electron chi connectivity index (χ3n) is 2.20. The molecule has 1 rings (SSSR count). The molecule has 1 aromatic rings. The van der Waals surface area contributed by atoms with Gasteiger partial charge in [0.15, 0.2) is 0 Å². The highest BCUT2D eigenvalue weighted by Gasteiger charge is 2.05. The summed E-state index contributed by atoms with van der Waals surface area (Å²) in [7, 11) is 0. The van der Waals surface area contributed by atoms with E-state index in [4.69, 9.17) is 16.6 Å². The first kappa shape index (κ1) is 11.5. The molecule has 0 unspecified atom stereocenters. The van der Waals surface area contributed by atoms with Crippen LogP contribution in [-0.4, -0.2) is 17.1 Å². The molecule has 15 heavy (non-hydrogen) atoms.